The zero-order valence-corrected chi connectivity index (χ0v) is 16.1. The molecule has 1 aromatic rings. The largest absolute Gasteiger partial charge is 0.449 e. The normalized spacial score (nSPS) is 46.5. The van der Waals surface area contributed by atoms with Crippen molar-refractivity contribution in [3.63, 3.8) is 0 Å². The van der Waals surface area contributed by atoms with Crippen molar-refractivity contribution in [1.29, 1.82) is 0 Å². The molecule has 5 aliphatic carbocycles. The predicted molar refractivity (Wildman–Crippen MR) is 96.7 cm³/mol. The van der Waals surface area contributed by atoms with Crippen LogP contribution in [0.4, 0.5) is 4.79 Å². The van der Waals surface area contributed by atoms with Gasteiger partial charge in [0.05, 0.1) is 6.61 Å². The molecule has 0 unspecified atom stereocenters. The number of nitrogens with zero attached hydrogens (tertiary/aromatic N) is 2. The second kappa shape index (κ2) is 6.28. The first kappa shape index (κ1) is 17.4. The summed E-state index contributed by atoms with van der Waals surface area (Å²) in [6.07, 6.45) is 14.0. The van der Waals surface area contributed by atoms with Crippen LogP contribution < -0.4 is 0 Å². The Morgan fingerprint density at radius 2 is 1.79 bits per heavy atom. The van der Waals surface area contributed by atoms with Crippen LogP contribution in [0.1, 0.15) is 57.8 Å². The maximum atomic E-state index is 12.0. The minimum atomic E-state index is -0.597. The van der Waals surface area contributed by atoms with E-state index in [0.717, 1.165) is 37.5 Å². The molecule has 4 bridgehead atoms. The molecule has 1 saturated heterocycles. The summed E-state index contributed by atoms with van der Waals surface area (Å²) in [5, 5.41) is 0. The van der Waals surface area contributed by atoms with Gasteiger partial charge in [-0.2, -0.15) is 9.78 Å². The minimum Gasteiger partial charge on any atom is -0.449 e. The quantitative estimate of drug-likeness (QED) is 0.716. The van der Waals surface area contributed by atoms with Gasteiger partial charge in [0.2, 0.25) is 11.6 Å². The van der Waals surface area contributed by atoms with E-state index < -0.39 is 11.6 Å². The molecule has 0 aromatic carbocycles. The fraction of sp³-hybridized carbons (Fsp3) is 0.810. The third-order valence-electron chi connectivity index (χ3n) is 7.97. The Morgan fingerprint density at radius 1 is 1.07 bits per heavy atom. The van der Waals surface area contributed by atoms with E-state index in [1.807, 2.05) is 0 Å². The van der Waals surface area contributed by atoms with Crippen molar-refractivity contribution < 1.29 is 24.0 Å². The van der Waals surface area contributed by atoms with Crippen molar-refractivity contribution in [3.8, 4) is 0 Å². The van der Waals surface area contributed by atoms with Crippen molar-refractivity contribution in [1.82, 2.24) is 9.55 Å². The molecular weight excluding hydrogens is 360 g/mol. The minimum absolute atomic E-state index is 0.334. The molecule has 0 N–H and O–H groups in total. The highest BCUT2D eigenvalue weighted by atomic mass is 17.3. The van der Waals surface area contributed by atoms with Crippen molar-refractivity contribution in [2.24, 2.45) is 29.6 Å². The fourth-order valence-corrected chi connectivity index (χ4v) is 6.71. The van der Waals surface area contributed by atoms with Gasteiger partial charge < -0.3 is 9.47 Å². The topological polar surface area (TPSA) is 71.8 Å². The molecule has 0 atom stereocenters. The molecule has 7 heteroatoms. The maximum absolute atomic E-state index is 12.0. The zero-order chi connectivity index (χ0) is 18.8. The third-order valence-corrected chi connectivity index (χ3v) is 7.97. The summed E-state index contributed by atoms with van der Waals surface area (Å²) in [5.74, 6) is 1.99. The van der Waals surface area contributed by atoms with Crippen LogP contribution in [0, 0.1) is 29.6 Å². The molecule has 1 aromatic heterocycles. The van der Waals surface area contributed by atoms with Gasteiger partial charge in [-0.25, -0.2) is 14.3 Å². The predicted octanol–water partition coefficient (Wildman–Crippen LogP) is 3.89. The van der Waals surface area contributed by atoms with Gasteiger partial charge >= 0.3 is 6.09 Å². The second-order valence-electron chi connectivity index (χ2n) is 9.70. The standard InChI is InChI=1S/C21H28N2O5/c24-19(23-6-5-22-13-23)25-12-14-1-3-20(4-2-14)26-21(28-27-20)17-8-15-7-16(10-17)11-18(21)9-15/h5-6,13-18H,1-4,7-12H2. The maximum Gasteiger partial charge on any atom is 0.419 e. The summed E-state index contributed by atoms with van der Waals surface area (Å²) in [4.78, 5) is 27.9. The average Bonchev–Trinajstić information content (AvgIpc) is 3.35. The highest BCUT2D eigenvalue weighted by Crippen LogP contribution is 2.63. The fourth-order valence-electron chi connectivity index (χ4n) is 6.71. The number of carbonyl (C=O) groups is 1. The van der Waals surface area contributed by atoms with Crippen molar-refractivity contribution in [2.45, 2.75) is 69.4 Å². The number of ether oxygens (including phenoxy) is 2. The van der Waals surface area contributed by atoms with Gasteiger partial charge in [0.15, 0.2) is 0 Å². The van der Waals surface area contributed by atoms with E-state index in [-0.39, 0.29) is 6.09 Å². The zero-order valence-electron chi connectivity index (χ0n) is 16.1. The summed E-state index contributed by atoms with van der Waals surface area (Å²) in [6, 6.07) is 0. The molecule has 7 nitrogen and oxygen atoms in total. The molecule has 1 aliphatic heterocycles. The van der Waals surface area contributed by atoms with Crippen molar-refractivity contribution in [2.75, 3.05) is 6.61 Å². The number of aromatic nitrogens is 2. The molecule has 6 aliphatic rings. The van der Waals surface area contributed by atoms with Crippen molar-refractivity contribution in [3.05, 3.63) is 18.7 Å². The van der Waals surface area contributed by atoms with Gasteiger partial charge in [0.1, 0.15) is 6.33 Å². The van der Waals surface area contributed by atoms with Gasteiger partial charge in [-0.05, 0) is 62.7 Å². The molecule has 5 saturated carbocycles. The number of imidazole rings is 1. The molecule has 2 heterocycles. The first-order valence-electron chi connectivity index (χ1n) is 10.9. The smallest absolute Gasteiger partial charge is 0.419 e. The van der Waals surface area contributed by atoms with Crippen LogP contribution in [-0.2, 0) is 19.2 Å². The lowest BCUT2D eigenvalue weighted by atomic mass is 9.53. The summed E-state index contributed by atoms with van der Waals surface area (Å²) < 4.78 is 13.5. The molecule has 2 spiro atoms. The lowest BCUT2D eigenvalue weighted by Gasteiger charge is -2.57. The Kier molecular flexibility index (Phi) is 3.91. The van der Waals surface area contributed by atoms with Gasteiger partial charge in [-0.1, -0.05) is 0 Å². The summed E-state index contributed by atoms with van der Waals surface area (Å²) >= 11 is 0. The van der Waals surface area contributed by atoms with E-state index >= 15 is 0 Å². The Bertz CT molecular complexity index is 712. The number of rotatable bonds is 2. The second-order valence-corrected chi connectivity index (χ2v) is 9.70. The van der Waals surface area contributed by atoms with E-state index in [1.54, 1.807) is 12.4 Å². The molecule has 0 amide bonds. The van der Waals surface area contributed by atoms with E-state index in [2.05, 4.69) is 4.98 Å². The van der Waals surface area contributed by atoms with E-state index in [1.165, 1.54) is 43.0 Å². The summed E-state index contributed by atoms with van der Waals surface area (Å²) in [5.41, 5.74) is 0. The highest BCUT2D eigenvalue weighted by Gasteiger charge is 2.66. The molecular formula is C21H28N2O5. The Labute approximate surface area is 164 Å². The highest BCUT2D eigenvalue weighted by molar-refractivity contribution is 5.69. The van der Waals surface area contributed by atoms with Crippen LogP contribution in [0.5, 0.6) is 0 Å². The van der Waals surface area contributed by atoms with E-state index in [9.17, 15) is 4.79 Å². The Morgan fingerprint density at radius 3 is 2.43 bits per heavy atom. The van der Waals surface area contributed by atoms with Gasteiger partial charge in [0.25, 0.3) is 0 Å². The van der Waals surface area contributed by atoms with E-state index in [4.69, 9.17) is 19.2 Å². The molecule has 7 rings (SSSR count). The van der Waals surface area contributed by atoms with Crippen molar-refractivity contribution >= 4 is 6.09 Å². The number of carbonyl (C=O) groups excluding carboxylic acids is 1. The van der Waals surface area contributed by atoms with Crippen LogP contribution in [-0.4, -0.2) is 33.8 Å². The van der Waals surface area contributed by atoms with E-state index in [0.29, 0.717) is 24.4 Å². The monoisotopic (exact) mass is 388 g/mol. The molecule has 6 fully saturated rings. The Hall–Kier alpha value is -1.44. The van der Waals surface area contributed by atoms with Crippen LogP contribution in [0.15, 0.2) is 18.7 Å². The van der Waals surface area contributed by atoms with Crippen LogP contribution in [0.25, 0.3) is 0 Å². The Balaban J connectivity index is 1.07. The number of hydrogen-bond acceptors (Lipinski definition) is 6. The van der Waals surface area contributed by atoms with Gasteiger partial charge in [-0.15, -0.1) is 0 Å². The lowest BCUT2D eigenvalue weighted by molar-refractivity contribution is -0.390. The average molecular weight is 388 g/mol. The first-order chi connectivity index (χ1) is 13.6. The molecule has 0 radical (unpaired) electrons. The first-order valence-corrected chi connectivity index (χ1v) is 10.9. The van der Waals surface area contributed by atoms with Crippen LogP contribution in [0.3, 0.4) is 0 Å². The van der Waals surface area contributed by atoms with Crippen LogP contribution in [0.2, 0.25) is 0 Å². The van der Waals surface area contributed by atoms with Gasteiger partial charge in [-0.3, -0.25) is 0 Å². The summed E-state index contributed by atoms with van der Waals surface area (Å²) in [6.45, 7) is 0.424. The molecule has 28 heavy (non-hydrogen) atoms. The SMILES string of the molecule is O=C(OCC1CCC2(CC1)OOC1(O2)C2CC3CC(C2)CC1C3)n1ccnc1. The van der Waals surface area contributed by atoms with Gasteiger partial charge in [0, 0.05) is 37.1 Å². The van der Waals surface area contributed by atoms with Crippen LogP contribution >= 0.6 is 0 Å². The number of hydrogen-bond donors (Lipinski definition) is 0. The molecule has 152 valence electrons. The lowest BCUT2D eigenvalue weighted by Crippen LogP contribution is -2.59. The summed E-state index contributed by atoms with van der Waals surface area (Å²) in [7, 11) is 0. The third kappa shape index (κ3) is 2.66.